The van der Waals surface area contributed by atoms with Crippen molar-refractivity contribution in [3.8, 4) is 5.75 Å². The van der Waals surface area contributed by atoms with E-state index in [-0.39, 0.29) is 0 Å². The molecule has 0 spiro atoms. The number of aliphatic imine (C=N–C) groups is 1. The molecule has 0 atom stereocenters. The zero-order valence-electron chi connectivity index (χ0n) is 14.7. The van der Waals surface area contributed by atoms with Gasteiger partial charge in [0.1, 0.15) is 12.4 Å². The highest BCUT2D eigenvalue weighted by atomic mass is 16.5. The van der Waals surface area contributed by atoms with Crippen LogP contribution in [0.1, 0.15) is 25.3 Å². The lowest BCUT2D eigenvalue weighted by Crippen LogP contribution is -2.38. The number of guanidine groups is 1. The van der Waals surface area contributed by atoms with Gasteiger partial charge in [0.25, 0.3) is 0 Å². The van der Waals surface area contributed by atoms with E-state index in [4.69, 9.17) is 15.2 Å². The fraction of sp³-hybridized carbons (Fsp3) is 0.611. The number of nitrogens with one attached hydrogen (secondary N) is 1. The van der Waals surface area contributed by atoms with Crippen LogP contribution in [-0.2, 0) is 11.3 Å². The number of ether oxygens (including phenoxy) is 2. The second-order valence-corrected chi connectivity index (χ2v) is 5.93. The third kappa shape index (κ3) is 7.19. The standard InChI is InChI=1S/C18H30N4O2/c1-2-3-7-20-18(19)21-15-16-5-4-6-17(14-16)24-13-10-22-8-11-23-12-9-22/h4-6,14H,2-3,7-13,15H2,1H3,(H3,19,20,21). The quantitative estimate of drug-likeness (QED) is 0.408. The van der Waals surface area contributed by atoms with Gasteiger partial charge < -0.3 is 20.5 Å². The van der Waals surface area contributed by atoms with Crippen molar-refractivity contribution in [2.45, 2.75) is 26.3 Å². The zero-order chi connectivity index (χ0) is 17.0. The molecule has 1 aliphatic heterocycles. The van der Waals surface area contributed by atoms with E-state index in [9.17, 15) is 0 Å². The second-order valence-electron chi connectivity index (χ2n) is 5.93. The number of hydrogen-bond acceptors (Lipinski definition) is 4. The molecule has 0 amide bonds. The highest BCUT2D eigenvalue weighted by molar-refractivity contribution is 5.77. The maximum atomic E-state index is 5.86. The lowest BCUT2D eigenvalue weighted by atomic mass is 10.2. The van der Waals surface area contributed by atoms with E-state index >= 15 is 0 Å². The number of nitrogens with zero attached hydrogens (tertiary/aromatic N) is 2. The number of nitrogens with two attached hydrogens (primary N) is 1. The Kier molecular flexibility index (Phi) is 8.41. The maximum absolute atomic E-state index is 5.86. The zero-order valence-corrected chi connectivity index (χ0v) is 14.7. The molecule has 0 bridgehead atoms. The molecule has 0 unspecified atom stereocenters. The van der Waals surface area contributed by atoms with Crippen molar-refractivity contribution >= 4 is 5.96 Å². The molecule has 0 radical (unpaired) electrons. The first-order valence-electron chi connectivity index (χ1n) is 8.83. The Morgan fingerprint density at radius 2 is 2.21 bits per heavy atom. The number of rotatable bonds is 9. The smallest absolute Gasteiger partial charge is 0.188 e. The van der Waals surface area contributed by atoms with E-state index < -0.39 is 0 Å². The molecule has 24 heavy (non-hydrogen) atoms. The normalized spacial score (nSPS) is 16.1. The largest absolute Gasteiger partial charge is 0.492 e. The third-order valence-corrected chi connectivity index (χ3v) is 3.95. The summed E-state index contributed by atoms with van der Waals surface area (Å²) in [5, 5.41) is 3.12. The van der Waals surface area contributed by atoms with Gasteiger partial charge in [-0.3, -0.25) is 4.90 Å². The van der Waals surface area contributed by atoms with E-state index in [1.807, 2.05) is 24.3 Å². The Morgan fingerprint density at radius 1 is 1.38 bits per heavy atom. The minimum atomic E-state index is 0.502. The molecular weight excluding hydrogens is 304 g/mol. The van der Waals surface area contributed by atoms with Crippen LogP contribution in [0.4, 0.5) is 0 Å². The Labute approximate surface area is 145 Å². The summed E-state index contributed by atoms with van der Waals surface area (Å²) in [5.41, 5.74) is 6.95. The van der Waals surface area contributed by atoms with Crippen LogP contribution in [0.25, 0.3) is 0 Å². The van der Waals surface area contributed by atoms with Crippen molar-refractivity contribution in [3.05, 3.63) is 29.8 Å². The number of hydrogen-bond donors (Lipinski definition) is 2. The van der Waals surface area contributed by atoms with Crippen LogP contribution in [0.3, 0.4) is 0 Å². The topological polar surface area (TPSA) is 72.1 Å². The SMILES string of the molecule is CCCCNC(N)=NCc1cccc(OCCN2CCOCC2)c1. The van der Waals surface area contributed by atoms with Crippen LogP contribution < -0.4 is 15.8 Å². The molecule has 0 aliphatic carbocycles. The summed E-state index contributed by atoms with van der Waals surface area (Å²) < 4.78 is 11.2. The molecule has 1 saturated heterocycles. The van der Waals surface area contributed by atoms with Crippen LogP contribution in [-0.4, -0.2) is 56.9 Å². The van der Waals surface area contributed by atoms with Crippen LogP contribution in [0.15, 0.2) is 29.3 Å². The molecule has 6 heteroatoms. The van der Waals surface area contributed by atoms with Gasteiger partial charge in [-0.15, -0.1) is 0 Å². The molecule has 1 aliphatic rings. The molecule has 134 valence electrons. The highest BCUT2D eigenvalue weighted by Crippen LogP contribution is 2.14. The summed E-state index contributed by atoms with van der Waals surface area (Å²) in [4.78, 5) is 6.73. The predicted molar refractivity (Wildman–Crippen MR) is 97.4 cm³/mol. The molecule has 1 aromatic rings. The lowest BCUT2D eigenvalue weighted by molar-refractivity contribution is 0.0322. The summed E-state index contributed by atoms with van der Waals surface area (Å²) in [5.74, 6) is 1.38. The lowest BCUT2D eigenvalue weighted by Gasteiger charge is -2.26. The van der Waals surface area contributed by atoms with Crippen molar-refractivity contribution in [2.24, 2.45) is 10.7 Å². The Bertz CT molecular complexity index is 502. The van der Waals surface area contributed by atoms with Crippen LogP contribution >= 0.6 is 0 Å². The molecule has 1 fully saturated rings. The average Bonchev–Trinajstić information content (AvgIpc) is 2.62. The van der Waals surface area contributed by atoms with Gasteiger partial charge in [0, 0.05) is 26.2 Å². The average molecular weight is 334 g/mol. The van der Waals surface area contributed by atoms with Gasteiger partial charge in [-0.2, -0.15) is 0 Å². The number of unbranched alkanes of at least 4 members (excludes halogenated alkanes) is 1. The summed E-state index contributed by atoms with van der Waals surface area (Å²) >= 11 is 0. The molecule has 1 heterocycles. The van der Waals surface area contributed by atoms with Gasteiger partial charge in [-0.1, -0.05) is 25.5 Å². The van der Waals surface area contributed by atoms with Crippen molar-refractivity contribution in [2.75, 3.05) is 46.0 Å². The van der Waals surface area contributed by atoms with E-state index in [1.165, 1.54) is 0 Å². The van der Waals surface area contributed by atoms with E-state index in [0.29, 0.717) is 19.1 Å². The van der Waals surface area contributed by atoms with Crippen LogP contribution in [0.5, 0.6) is 5.75 Å². The van der Waals surface area contributed by atoms with Crippen molar-refractivity contribution < 1.29 is 9.47 Å². The summed E-state index contributed by atoms with van der Waals surface area (Å²) in [6.07, 6.45) is 2.24. The third-order valence-electron chi connectivity index (χ3n) is 3.95. The summed E-state index contributed by atoms with van der Waals surface area (Å²) in [7, 11) is 0. The fourth-order valence-electron chi connectivity index (χ4n) is 2.48. The summed E-state index contributed by atoms with van der Waals surface area (Å²) in [6, 6.07) is 8.05. The predicted octanol–water partition coefficient (Wildman–Crippen LogP) is 1.60. The minimum absolute atomic E-state index is 0.502. The van der Waals surface area contributed by atoms with E-state index in [2.05, 4.69) is 22.1 Å². The molecule has 2 rings (SSSR count). The van der Waals surface area contributed by atoms with Gasteiger partial charge in [0.05, 0.1) is 19.8 Å². The Morgan fingerprint density at radius 3 is 3.00 bits per heavy atom. The highest BCUT2D eigenvalue weighted by Gasteiger charge is 2.09. The molecule has 3 N–H and O–H groups in total. The summed E-state index contributed by atoms with van der Waals surface area (Å²) in [6.45, 7) is 8.82. The minimum Gasteiger partial charge on any atom is -0.492 e. The molecule has 6 nitrogen and oxygen atoms in total. The first-order valence-corrected chi connectivity index (χ1v) is 8.83. The van der Waals surface area contributed by atoms with Crippen molar-refractivity contribution in [1.82, 2.24) is 10.2 Å². The first kappa shape index (κ1) is 18.5. The van der Waals surface area contributed by atoms with Gasteiger partial charge in [0.2, 0.25) is 0 Å². The van der Waals surface area contributed by atoms with Crippen LogP contribution in [0, 0.1) is 0 Å². The van der Waals surface area contributed by atoms with Crippen LogP contribution in [0.2, 0.25) is 0 Å². The second kappa shape index (κ2) is 10.9. The van der Waals surface area contributed by atoms with Crippen molar-refractivity contribution in [1.29, 1.82) is 0 Å². The van der Waals surface area contributed by atoms with Gasteiger partial charge in [0.15, 0.2) is 5.96 Å². The molecule has 0 aromatic heterocycles. The van der Waals surface area contributed by atoms with Crippen molar-refractivity contribution in [3.63, 3.8) is 0 Å². The van der Waals surface area contributed by atoms with Gasteiger partial charge in [-0.25, -0.2) is 4.99 Å². The van der Waals surface area contributed by atoms with Gasteiger partial charge >= 0.3 is 0 Å². The Hall–Kier alpha value is -1.79. The molecule has 0 saturated carbocycles. The monoisotopic (exact) mass is 334 g/mol. The first-order chi connectivity index (χ1) is 11.8. The Balaban J connectivity index is 1.73. The molecular formula is C18H30N4O2. The molecule has 1 aromatic carbocycles. The maximum Gasteiger partial charge on any atom is 0.188 e. The van der Waals surface area contributed by atoms with Gasteiger partial charge in [-0.05, 0) is 24.1 Å². The fourth-order valence-corrected chi connectivity index (χ4v) is 2.48. The van der Waals surface area contributed by atoms with E-state index in [0.717, 1.165) is 63.5 Å². The number of benzene rings is 1. The van der Waals surface area contributed by atoms with E-state index in [1.54, 1.807) is 0 Å². The number of morpholine rings is 1.